The van der Waals surface area contributed by atoms with Crippen molar-refractivity contribution in [3.63, 3.8) is 0 Å². The standard InChI is InChI=1S/C9H21N3O3S/c1-5-16(14,15)12(4)6-8(13)11-9(2,3)7-10/h5-7,10H2,1-4H3,(H,11,13). The van der Waals surface area contributed by atoms with Gasteiger partial charge in [-0.05, 0) is 20.8 Å². The quantitative estimate of drug-likeness (QED) is 0.641. The third-order valence-corrected chi connectivity index (χ3v) is 4.00. The van der Waals surface area contributed by atoms with Gasteiger partial charge in [0.15, 0.2) is 0 Å². The molecule has 0 aliphatic carbocycles. The highest BCUT2D eigenvalue weighted by Crippen LogP contribution is 2.00. The van der Waals surface area contributed by atoms with Gasteiger partial charge < -0.3 is 11.1 Å². The Morgan fingerprint density at radius 3 is 2.31 bits per heavy atom. The van der Waals surface area contributed by atoms with Gasteiger partial charge in [0.1, 0.15) is 0 Å². The van der Waals surface area contributed by atoms with Crippen molar-refractivity contribution < 1.29 is 13.2 Å². The summed E-state index contributed by atoms with van der Waals surface area (Å²) in [5, 5.41) is 2.66. The third-order valence-electron chi connectivity index (χ3n) is 2.19. The van der Waals surface area contributed by atoms with Crippen LogP contribution in [0, 0.1) is 0 Å². The van der Waals surface area contributed by atoms with Crippen LogP contribution in [0.25, 0.3) is 0 Å². The minimum Gasteiger partial charge on any atom is -0.349 e. The van der Waals surface area contributed by atoms with Gasteiger partial charge in [0.2, 0.25) is 15.9 Å². The molecule has 0 aromatic heterocycles. The molecule has 0 aliphatic rings. The van der Waals surface area contributed by atoms with E-state index in [0.717, 1.165) is 4.31 Å². The predicted molar refractivity (Wildman–Crippen MR) is 63.4 cm³/mol. The molecule has 3 N–H and O–H groups in total. The van der Waals surface area contributed by atoms with Crippen LogP contribution in [0.3, 0.4) is 0 Å². The number of nitrogens with two attached hydrogens (primary N) is 1. The van der Waals surface area contributed by atoms with Crippen molar-refractivity contribution in [3.05, 3.63) is 0 Å². The summed E-state index contributed by atoms with van der Waals surface area (Å²) >= 11 is 0. The molecular weight excluding hydrogens is 230 g/mol. The lowest BCUT2D eigenvalue weighted by Crippen LogP contribution is -2.52. The van der Waals surface area contributed by atoms with E-state index in [1.165, 1.54) is 14.0 Å². The molecule has 0 saturated carbocycles. The molecule has 96 valence electrons. The van der Waals surface area contributed by atoms with Gasteiger partial charge in [-0.1, -0.05) is 0 Å². The van der Waals surface area contributed by atoms with Gasteiger partial charge in [0.25, 0.3) is 0 Å². The molecule has 0 aromatic rings. The first-order valence-electron chi connectivity index (χ1n) is 5.09. The number of amides is 1. The van der Waals surface area contributed by atoms with Gasteiger partial charge in [0.05, 0.1) is 12.3 Å². The van der Waals surface area contributed by atoms with Gasteiger partial charge >= 0.3 is 0 Å². The van der Waals surface area contributed by atoms with Crippen molar-refractivity contribution in [1.29, 1.82) is 0 Å². The zero-order chi connectivity index (χ0) is 13.0. The SMILES string of the molecule is CCS(=O)(=O)N(C)CC(=O)NC(C)(C)CN. The van der Waals surface area contributed by atoms with Gasteiger partial charge in [-0.2, -0.15) is 4.31 Å². The van der Waals surface area contributed by atoms with E-state index < -0.39 is 15.6 Å². The number of sulfonamides is 1. The van der Waals surface area contributed by atoms with Crippen molar-refractivity contribution in [2.45, 2.75) is 26.3 Å². The number of hydrogen-bond acceptors (Lipinski definition) is 4. The molecule has 7 heteroatoms. The van der Waals surface area contributed by atoms with Crippen molar-refractivity contribution >= 4 is 15.9 Å². The summed E-state index contributed by atoms with van der Waals surface area (Å²) in [5.41, 5.74) is 4.93. The highest BCUT2D eigenvalue weighted by Gasteiger charge is 2.22. The molecule has 16 heavy (non-hydrogen) atoms. The molecule has 6 nitrogen and oxygen atoms in total. The minimum atomic E-state index is -3.31. The summed E-state index contributed by atoms with van der Waals surface area (Å²) in [6.07, 6.45) is 0. The van der Waals surface area contributed by atoms with E-state index >= 15 is 0 Å². The molecule has 0 saturated heterocycles. The largest absolute Gasteiger partial charge is 0.349 e. The number of rotatable bonds is 6. The van der Waals surface area contributed by atoms with Crippen LogP contribution >= 0.6 is 0 Å². The number of likely N-dealkylation sites (N-methyl/N-ethyl adjacent to an activating group) is 1. The molecule has 0 rings (SSSR count). The van der Waals surface area contributed by atoms with Crippen LogP contribution in [0.2, 0.25) is 0 Å². The molecule has 0 heterocycles. The predicted octanol–water partition coefficient (Wildman–Crippen LogP) is -0.879. The van der Waals surface area contributed by atoms with Crippen LogP contribution in [-0.2, 0) is 14.8 Å². The number of nitrogens with one attached hydrogen (secondary N) is 1. The Balaban J connectivity index is 4.38. The summed E-state index contributed by atoms with van der Waals surface area (Å²) in [6, 6.07) is 0. The van der Waals surface area contributed by atoms with Crippen LogP contribution < -0.4 is 11.1 Å². The highest BCUT2D eigenvalue weighted by atomic mass is 32.2. The molecule has 1 amide bonds. The van der Waals surface area contributed by atoms with E-state index in [-0.39, 0.29) is 18.2 Å². The molecular formula is C9H21N3O3S. The first-order chi connectivity index (χ1) is 7.14. The molecule has 0 radical (unpaired) electrons. The lowest BCUT2D eigenvalue weighted by molar-refractivity contribution is -0.122. The molecule has 0 atom stereocenters. The number of nitrogens with zero attached hydrogens (tertiary/aromatic N) is 1. The van der Waals surface area contributed by atoms with Crippen LogP contribution in [0.15, 0.2) is 0 Å². The molecule has 0 aromatic carbocycles. The molecule has 0 aliphatic heterocycles. The summed E-state index contributed by atoms with van der Waals surface area (Å²) in [5.74, 6) is -0.369. The number of carbonyl (C=O) groups is 1. The smallest absolute Gasteiger partial charge is 0.235 e. The fraction of sp³-hybridized carbons (Fsp3) is 0.889. The van der Waals surface area contributed by atoms with Gasteiger partial charge in [-0.3, -0.25) is 4.79 Å². The number of hydrogen-bond donors (Lipinski definition) is 2. The first-order valence-corrected chi connectivity index (χ1v) is 6.70. The average Bonchev–Trinajstić information content (AvgIpc) is 2.16. The van der Waals surface area contributed by atoms with Gasteiger partial charge in [0, 0.05) is 19.1 Å². The highest BCUT2D eigenvalue weighted by molar-refractivity contribution is 7.89. The van der Waals surface area contributed by atoms with E-state index in [0.29, 0.717) is 6.54 Å². The number of carbonyl (C=O) groups excluding carboxylic acids is 1. The van der Waals surface area contributed by atoms with E-state index in [4.69, 9.17) is 5.73 Å². The Kier molecular flexibility index (Phi) is 5.37. The fourth-order valence-electron chi connectivity index (χ4n) is 0.989. The average molecular weight is 251 g/mol. The van der Waals surface area contributed by atoms with E-state index in [9.17, 15) is 13.2 Å². The Bertz CT molecular complexity index is 338. The normalized spacial score (nSPS) is 12.9. The molecule has 0 bridgehead atoms. The molecule has 0 spiro atoms. The maximum atomic E-state index is 11.5. The molecule has 0 fully saturated rings. The second-order valence-electron chi connectivity index (χ2n) is 4.29. The van der Waals surface area contributed by atoms with Crippen LogP contribution in [-0.4, -0.2) is 50.1 Å². The second-order valence-corrected chi connectivity index (χ2v) is 6.66. The van der Waals surface area contributed by atoms with Crippen LogP contribution in [0.1, 0.15) is 20.8 Å². The van der Waals surface area contributed by atoms with Crippen molar-refractivity contribution in [2.24, 2.45) is 5.73 Å². The topological polar surface area (TPSA) is 92.5 Å². The zero-order valence-electron chi connectivity index (χ0n) is 10.3. The first kappa shape index (κ1) is 15.3. The van der Waals surface area contributed by atoms with Crippen LogP contribution in [0.5, 0.6) is 0 Å². The van der Waals surface area contributed by atoms with Crippen molar-refractivity contribution in [2.75, 3.05) is 25.9 Å². The lowest BCUT2D eigenvalue weighted by atomic mass is 10.1. The summed E-state index contributed by atoms with van der Waals surface area (Å²) < 4.78 is 23.8. The van der Waals surface area contributed by atoms with Crippen LogP contribution in [0.4, 0.5) is 0 Å². The molecule has 0 unspecified atom stereocenters. The summed E-state index contributed by atoms with van der Waals surface area (Å²) in [7, 11) is -1.93. The lowest BCUT2D eigenvalue weighted by Gasteiger charge is -2.25. The van der Waals surface area contributed by atoms with Crippen molar-refractivity contribution in [1.82, 2.24) is 9.62 Å². The summed E-state index contributed by atoms with van der Waals surface area (Å²) in [6.45, 7) is 5.20. The Morgan fingerprint density at radius 2 is 1.94 bits per heavy atom. The second kappa shape index (κ2) is 5.60. The maximum Gasteiger partial charge on any atom is 0.235 e. The Labute approximate surface area is 97.2 Å². The van der Waals surface area contributed by atoms with E-state index in [1.54, 1.807) is 13.8 Å². The Morgan fingerprint density at radius 1 is 1.44 bits per heavy atom. The minimum absolute atomic E-state index is 0.0168. The maximum absolute atomic E-state index is 11.5. The van der Waals surface area contributed by atoms with Gasteiger partial charge in [-0.25, -0.2) is 8.42 Å². The van der Waals surface area contributed by atoms with E-state index in [2.05, 4.69) is 5.32 Å². The zero-order valence-corrected chi connectivity index (χ0v) is 11.1. The van der Waals surface area contributed by atoms with Crippen molar-refractivity contribution in [3.8, 4) is 0 Å². The third kappa shape index (κ3) is 4.91. The van der Waals surface area contributed by atoms with Gasteiger partial charge in [-0.15, -0.1) is 0 Å². The summed E-state index contributed by atoms with van der Waals surface area (Å²) in [4.78, 5) is 11.5. The Hall–Kier alpha value is -0.660. The fourth-order valence-corrected chi connectivity index (χ4v) is 1.74. The monoisotopic (exact) mass is 251 g/mol. The van der Waals surface area contributed by atoms with E-state index in [1.807, 2.05) is 0 Å².